The zero-order valence-corrected chi connectivity index (χ0v) is 13.7. The van der Waals surface area contributed by atoms with E-state index >= 15 is 0 Å². The Labute approximate surface area is 131 Å². The lowest BCUT2D eigenvalue weighted by molar-refractivity contribution is -0.144. The number of pyridine rings is 1. The third-order valence-corrected chi connectivity index (χ3v) is 2.64. The van der Waals surface area contributed by atoms with Crippen LogP contribution in [0, 0.1) is 0 Å². The maximum absolute atomic E-state index is 12.2. The van der Waals surface area contributed by atoms with Gasteiger partial charge in [0.2, 0.25) is 0 Å². The summed E-state index contributed by atoms with van der Waals surface area (Å²) in [6.07, 6.45) is 1.70. The van der Waals surface area contributed by atoms with Crippen LogP contribution in [0.3, 0.4) is 0 Å². The second kappa shape index (κ2) is 8.36. The van der Waals surface area contributed by atoms with Crippen LogP contribution in [0.25, 0.3) is 0 Å². The molecule has 0 fully saturated rings. The molecule has 122 valence electrons. The van der Waals surface area contributed by atoms with Gasteiger partial charge in [-0.2, -0.15) is 0 Å². The molecule has 0 radical (unpaired) electrons. The zero-order chi connectivity index (χ0) is 16.6. The van der Waals surface area contributed by atoms with Crippen molar-refractivity contribution in [3.8, 4) is 0 Å². The highest BCUT2D eigenvalue weighted by Crippen LogP contribution is 2.10. The standard InChI is InChI=1S/C16H24N2O4/c1-5-21-14(19)12-18(15(20)22-16(2,3)4)11-9-13-8-6-7-10-17-13/h6-8,10H,5,9,11-12H2,1-4H3. The van der Waals surface area contributed by atoms with Crippen molar-refractivity contribution in [1.82, 2.24) is 9.88 Å². The summed E-state index contributed by atoms with van der Waals surface area (Å²) < 4.78 is 10.2. The summed E-state index contributed by atoms with van der Waals surface area (Å²) in [6.45, 7) is 7.57. The molecule has 0 bridgehead atoms. The van der Waals surface area contributed by atoms with Crippen molar-refractivity contribution in [2.24, 2.45) is 0 Å². The molecule has 0 aliphatic heterocycles. The number of amides is 1. The average Bonchev–Trinajstić information content (AvgIpc) is 2.43. The Morgan fingerprint density at radius 2 is 2.00 bits per heavy atom. The predicted molar refractivity (Wildman–Crippen MR) is 82.4 cm³/mol. The topological polar surface area (TPSA) is 68.7 Å². The lowest BCUT2D eigenvalue weighted by atomic mass is 10.2. The van der Waals surface area contributed by atoms with Crippen LogP contribution in [-0.2, 0) is 20.7 Å². The number of carbonyl (C=O) groups excluding carboxylic acids is 2. The van der Waals surface area contributed by atoms with Gasteiger partial charge in [0, 0.05) is 24.9 Å². The van der Waals surface area contributed by atoms with E-state index < -0.39 is 17.7 Å². The second-order valence-electron chi connectivity index (χ2n) is 5.78. The molecular formula is C16H24N2O4. The fraction of sp³-hybridized carbons (Fsp3) is 0.562. The predicted octanol–water partition coefficient (Wildman–Crippen LogP) is 2.42. The quantitative estimate of drug-likeness (QED) is 0.755. The molecule has 1 heterocycles. The van der Waals surface area contributed by atoms with E-state index in [4.69, 9.17) is 9.47 Å². The van der Waals surface area contributed by atoms with Crippen LogP contribution in [0.4, 0.5) is 4.79 Å². The van der Waals surface area contributed by atoms with E-state index in [1.54, 1.807) is 33.9 Å². The van der Waals surface area contributed by atoms with Crippen molar-refractivity contribution in [1.29, 1.82) is 0 Å². The van der Waals surface area contributed by atoms with Crippen LogP contribution in [0.1, 0.15) is 33.4 Å². The molecule has 0 aliphatic rings. The summed E-state index contributed by atoms with van der Waals surface area (Å²) in [7, 11) is 0. The third-order valence-electron chi connectivity index (χ3n) is 2.64. The summed E-state index contributed by atoms with van der Waals surface area (Å²) in [5.41, 5.74) is 0.231. The first kappa shape index (κ1) is 17.9. The van der Waals surface area contributed by atoms with Gasteiger partial charge in [0.05, 0.1) is 6.61 Å². The van der Waals surface area contributed by atoms with Crippen LogP contribution < -0.4 is 0 Å². The summed E-state index contributed by atoms with van der Waals surface area (Å²) in [5.74, 6) is -0.450. The zero-order valence-electron chi connectivity index (χ0n) is 13.7. The number of hydrogen-bond acceptors (Lipinski definition) is 5. The monoisotopic (exact) mass is 308 g/mol. The van der Waals surface area contributed by atoms with Crippen molar-refractivity contribution >= 4 is 12.1 Å². The Kier molecular flexibility index (Phi) is 6.82. The van der Waals surface area contributed by atoms with E-state index in [1.807, 2.05) is 18.2 Å². The van der Waals surface area contributed by atoms with Gasteiger partial charge in [-0.25, -0.2) is 4.79 Å². The first-order valence-corrected chi connectivity index (χ1v) is 7.35. The maximum Gasteiger partial charge on any atom is 0.410 e. The van der Waals surface area contributed by atoms with E-state index in [2.05, 4.69) is 4.98 Å². The largest absolute Gasteiger partial charge is 0.465 e. The van der Waals surface area contributed by atoms with Crippen LogP contribution >= 0.6 is 0 Å². The minimum Gasteiger partial charge on any atom is -0.465 e. The van der Waals surface area contributed by atoms with Gasteiger partial charge in [0.25, 0.3) is 0 Å². The highest BCUT2D eigenvalue weighted by Gasteiger charge is 2.24. The van der Waals surface area contributed by atoms with E-state index in [0.29, 0.717) is 13.0 Å². The molecule has 6 nitrogen and oxygen atoms in total. The van der Waals surface area contributed by atoms with Crippen LogP contribution in [0.2, 0.25) is 0 Å². The number of aromatic nitrogens is 1. The van der Waals surface area contributed by atoms with Gasteiger partial charge in [0.15, 0.2) is 0 Å². The Morgan fingerprint density at radius 1 is 1.27 bits per heavy atom. The number of hydrogen-bond donors (Lipinski definition) is 0. The Balaban J connectivity index is 2.68. The molecule has 0 N–H and O–H groups in total. The molecule has 1 aromatic heterocycles. The van der Waals surface area contributed by atoms with Crippen LogP contribution in [-0.4, -0.2) is 47.2 Å². The Hall–Kier alpha value is -2.11. The Bertz CT molecular complexity index is 483. The van der Waals surface area contributed by atoms with E-state index in [9.17, 15) is 9.59 Å². The lowest BCUT2D eigenvalue weighted by Gasteiger charge is -2.26. The molecule has 0 saturated carbocycles. The van der Waals surface area contributed by atoms with Gasteiger partial charge >= 0.3 is 12.1 Å². The van der Waals surface area contributed by atoms with Crippen LogP contribution in [0.5, 0.6) is 0 Å². The molecule has 22 heavy (non-hydrogen) atoms. The van der Waals surface area contributed by atoms with Gasteiger partial charge < -0.3 is 9.47 Å². The molecular weight excluding hydrogens is 284 g/mol. The first-order chi connectivity index (χ1) is 10.3. The van der Waals surface area contributed by atoms with E-state index in [0.717, 1.165) is 5.69 Å². The van der Waals surface area contributed by atoms with Crippen molar-refractivity contribution in [2.75, 3.05) is 19.7 Å². The highest BCUT2D eigenvalue weighted by atomic mass is 16.6. The highest BCUT2D eigenvalue weighted by molar-refractivity contribution is 5.78. The summed E-state index contributed by atoms with van der Waals surface area (Å²) in [5, 5.41) is 0. The summed E-state index contributed by atoms with van der Waals surface area (Å²) >= 11 is 0. The number of ether oxygens (including phenoxy) is 2. The minimum atomic E-state index is -0.616. The van der Waals surface area contributed by atoms with Gasteiger partial charge in [-0.15, -0.1) is 0 Å². The molecule has 0 unspecified atom stereocenters. The van der Waals surface area contributed by atoms with Crippen molar-refractivity contribution in [2.45, 2.75) is 39.7 Å². The number of rotatable bonds is 6. The van der Waals surface area contributed by atoms with Crippen molar-refractivity contribution in [3.05, 3.63) is 30.1 Å². The van der Waals surface area contributed by atoms with Gasteiger partial charge in [-0.05, 0) is 39.8 Å². The lowest BCUT2D eigenvalue weighted by Crippen LogP contribution is -2.41. The molecule has 1 rings (SSSR count). The average molecular weight is 308 g/mol. The van der Waals surface area contributed by atoms with Crippen molar-refractivity contribution in [3.63, 3.8) is 0 Å². The Morgan fingerprint density at radius 3 is 2.55 bits per heavy atom. The molecule has 0 aromatic carbocycles. The smallest absolute Gasteiger partial charge is 0.410 e. The first-order valence-electron chi connectivity index (χ1n) is 7.35. The molecule has 1 aromatic rings. The second-order valence-corrected chi connectivity index (χ2v) is 5.78. The number of nitrogens with zero attached hydrogens (tertiary/aromatic N) is 2. The molecule has 0 saturated heterocycles. The van der Waals surface area contributed by atoms with E-state index in [-0.39, 0.29) is 13.2 Å². The van der Waals surface area contributed by atoms with Crippen molar-refractivity contribution < 1.29 is 19.1 Å². The maximum atomic E-state index is 12.2. The normalized spacial score (nSPS) is 10.9. The third kappa shape index (κ3) is 7.06. The fourth-order valence-electron chi connectivity index (χ4n) is 1.72. The molecule has 6 heteroatoms. The van der Waals surface area contributed by atoms with Gasteiger partial charge in [-0.3, -0.25) is 14.7 Å². The minimum absolute atomic E-state index is 0.129. The summed E-state index contributed by atoms with van der Waals surface area (Å²) in [4.78, 5) is 29.4. The number of carbonyl (C=O) groups is 2. The fourth-order valence-corrected chi connectivity index (χ4v) is 1.72. The molecule has 1 amide bonds. The van der Waals surface area contributed by atoms with Gasteiger partial charge in [0.1, 0.15) is 12.1 Å². The van der Waals surface area contributed by atoms with Gasteiger partial charge in [-0.1, -0.05) is 6.07 Å². The molecule has 0 atom stereocenters. The van der Waals surface area contributed by atoms with E-state index in [1.165, 1.54) is 4.90 Å². The SMILES string of the molecule is CCOC(=O)CN(CCc1ccccn1)C(=O)OC(C)(C)C. The number of esters is 1. The molecule has 0 spiro atoms. The molecule has 0 aliphatic carbocycles. The van der Waals surface area contributed by atoms with Crippen LogP contribution in [0.15, 0.2) is 24.4 Å². The summed E-state index contributed by atoms with van der Waals surface area (Å²) in [6, 6.07) is 5.58.